The van der Waals surface area contributed by atoms with Gasteiger partial charge >= 0.3 is 0 Å². The number of thioether (sulfide) groups is 1. The molecule has 1 fully saturated rings. The van der Waals surface area contributed by atoms with E-state index in [9.17, 15) is 0 Å². The summed E-state index contributed by atoms with van der Waals surface area (Å²) in [5, 5.41) is 3.48. The van der Waals surface area contributed by atoms with E-state index in [2.05, 4.69) is 52.1 Å². The number of nitrogens with one attached hydrogen (secondary N) is 1. The monoisotopic (exact) mass is 317 g/mol. The molecule has 0 aliphatic carbocycles. The van der Waals surface area contributed by atoms with Crippen molar-refractivity contribution in [1.29, 1.82) is 0 Å². The summed E-state index contributed by atoms with van der Waals surface area (Å²) in [6, 6.07) is 10.8. The average molecular weight is 318 g/mol. The highest BCUT2D eigenvalue weighted by Crippen LogP contribution is 2.20. The molecule has 1 aliphatic heterocycles. The molecule has 0 bridgehead atoms. The first kappa shape index (κ1) is 16.9. The predicted octanol–water partition coefficient (Wildman–Crippen LogP) is 3.05. The molecule has 0 amide bonds. The van der Waals surface area contributed by atoms with E-state index in [0.29, 0.717) is 0 Å². The third-order valence-electron chi connectivity index (χ3n) is 3.93. The zero-order valence-electron chi connectivity index (χ0n) is 13.5. The summed E-state index contributed by atoms with van der Waals surface area (Å²) in [7, 11) is 1.88. The van der Waals surface area contributed by atoms with Crippen molar-refractivity contribution in [3.8, 4) is 0 Å². The van der Waals surface area contributed by atoms with Crippen LogP contribution in [0.2, 0.25) is 0 Å². The molecule has 120 valence electrons. The fraction of sp³-hybridized carbons (Fsp3) is 0.500. The third kappa shape index (κ3) is 5.41. The highest BCUT2D eigenvalue weighted by atomic mass is 32.2. The minimum atomic E-state index is 0.732. The van der Waals surface area contributed by atoms with Crippen LogP contribution in [-0.2, 0) is 6.42 Å². The van der Waals surface area contributed by atoms with Crippen LogP contribution >= 0.6 is 11.8 Å². The second-order valence-electron chi connectivity index (χ2n) is 5.63. The number of nitrogens with zero attached hydrogens (tertiary/aromatic N) is 2. The molecule has 1 aromatic rings. The first-order valence-electron chi connectivity index (χ1n) is 8.01. The number of rotatable bonds is 7. The lowest BCUT2D eigenvalue weighted by Gasteiger charge is -2.21. The van der Waals surface area contributed by atoms with Gasteiger partial charge in [0.25, 0.3) is 0 Å². The standard InChI is InChI=1S/C18H27N3S/c1-3-12-22-13-10-20-18(19-2)21-11-9-17(15-21)14-16-7-5-4-6-8-16/h3-8,17H,1,9-15H2,2H3,(H,19,20). The maximum Gasteiger partial charge on any atom is 0.193 e. The summed E-state index contributed by atoms with van der Waals surface area (Å²) in [5.74, 6) is 3.89. The van der Waals surface area contributed by atoms with Crippen LogP contribution in [0.3, 0.4) is 0 Å². The molecule has 0 spiro atoms. The van der Waals surface area contributed by atoms with Gasteiger partial charge in [-0.3, -0.25) is 4.99 Å². The van der Waals surface area contributed by atoms with E-state index in [1.54, 1.807) is 0 Å². The average Bonchev–Trinajstić information content (AvgIpc) is 3.00. The minimum Gasteiger partial charge on any atom is -0.355 e. The van der Waals surface area contributed by atoms with Crippen molar-refractivity contribution < 1.29 is 0 Å². The van der Waals surface area contributed by atoms with Gasteiger partial charge in [0, 0.05) is 38.2 Å². The van der Waals surface area contributed by atoms with Crippen LogP contribution in [-0.4, -0.2) is 49.0 Å². The van der Waals surface area contributed by atoms with Gasteiger partial charge in [-0.05, 0) is 24.3 Å². The SMILES string of the molecule is C=CCSCCNC(=NC)N1CCC(Cc2ccccc2)C1. The van der Waals surface area contributed by atoms with Crippen molar-refractivity contribution in [3.63, 3.8) is 0 Å². The molecule has 0 saturated carbocycles. The zero-order chi connectivity index (χ0) is 15.6. The van der Waals surface area contributed by atoms with E-state index in [4.69, 9.17) is 0 Å². The molecule has 1 unspecified atom stereocenters. The molecule has 4 heteroatoms. The van der Waals surface area contributed by atoms with Crippen molar-refractivity contribution in [2.75, 3.05) is 38.2 Å². The van der Waals surface area contributed by atoms with Crippen molar-refractivity contribution in [1.82, 2.24) is 10.2 Å². The Morgan fingerprint density at radius 1 is 1.45 bits per heavy atom. The fourth-order valence-electron chi connectivity index (χ4n) is 2.87. The van der Waals surface area contributed by atoms with Gasteiger partial charge in [-0.25, -0.2) is 0 Å². The molecule has 1 aromatic carbocycles. The Labute approximate surface area is 138 Å². The second-order valence-corrected chi connectivity index (χ2v) is 6.78. The predicted molar refractivity (Wildman–Crippen MR) is 98.7 cm³/mol. The summed E-state index contributed by atoms with van der Waals surface area (Å²) in [6.07, 6.45) is 4.37. The number of benzene rings is 1. The van der Waals surface area contributed by atoms with Crippen LogP contribution in [0, 0.1) is 5.92 Å². The Morgan fingerprint density at radius 2 is 2.27 bits per heavy atom. The molecule has 1 aliphatic rings. The molecule has 1 N–H and O–H groups in total. The van der Waals surface area contributed by atoms with E-state index in [1.165, 1.54) is 18.4 Å². The Balaban J connectivity index is 1.74. The van der Waals surface area contributed by atoms with Crippen molar-refractivity contribution >= 4 is 17.7 Å². The van der Waals surface area contributed by atoms with E-state index < -0.39 is 0 Å². The largest absolute Gasteiger partial charge is 0.355 e. The van der Waals surface area contributed by atoms with Gasteiger partial charge in [0.2, 0.25) is 0 Å². The molecule has 1 saturated heterocycles. The molecular formula is C18H27N3S. The topological polar surface area (TPSA) is 27.6 Å². The van der Waals surface area contributed by atoms with Gasteiger partial charge in [-0.1, -0.05) is 36.4 Å². The number of aliphatic imine (C=N–C) groups is 1. The Hall–Kier alpha value is -1.42. The number of guanidine groups is 1. The van der Waals surface area contributed by atoms with Crippen LogP contribution in [0.1, 0.15) is 12.0 Å². The molecule has 0 aromatic heterocycles. The van der Waals surface area contributed by atoms with Crippen molar-refractivity contribution in [2.45, 2.75) is 12.8 Å². The Bertz CT molecular complexity index is 472. The summed E-state index contributed by atoms with van der Waals surface area (Å²) in [6.45, 7) is 6.92. The van der Waals surface area contributed by atoms with Gasteiger partial charge in [0.15, 0.2) is 5.96 Å². The molecule has 1 atom stereocenters. The molecule has 1 heterocycles. The number of hydrogen-bond acceptors (Lipinski definition) is 2. The highest BCUT2D eigenvalue weighted by Gasteiger charge is 2.24. The zero-order valence-corrected chi connectivity index (χ0v) is 14.3. The molecule has 22 heavy (non-hydrogen) atoms. The first-order chi connectivity index (χ1) is 10.8. The second kappa shape index (κ2) is 9.57. The molecule has 2 rings (SSSR count). The van der Waals surface area contributed by atoms with Crippen molar-refractivity contribution in [2.24, 2.45) is 10.9 Å². The smallest absolute Gasteiger partial charge is 0.193 e. The molecule has 0 radical (unpaired) electrons. The van der Waals surface area contributed by atoms with Gasteiger partial charge in [-0.2, -0.15) is 11.8 Å². The summed E-state index contributed by atoms with van der Waals surface area (Å²) < 4.78 is 0. The quantitative estimate of drug-likeness (QED) is 0.362. The summed E-state index contributed by atoms with van der Waals surface area (Å²) in [5.41, 5.74) is 1.44. The Morgan fingerprint density at radius 3 is 3.00 bits per heavy atom. The van der Waals surface area contributed by atoms with Gasteiger partial charge in [0.1, 0.15) is 0 Å². The number of likely N-dealkylation sites (tertiary alicyclic amines) is 1. The van der Waals surface area contributed by atoms with Crippen LogP contribution in [0.25, 0.3) is 0 Å². The maximum absolute atomic E-state index is 4.43. The van der Waals surface area contributed by atoms with E-state index in [1.807, 2.05) is 24.9 Å². The summed E-state index contributed by atoms with van der Waals surface area (Å²) in [4.78, 5) is 6.83. The van der Waals surface area contributed by atoms with E-state index in [0.717, 1.165) is 43.0 Å². The lowest BCUT2D eigenvalue weighted by Crippen LogP contribution is -2.41. The van der Waals surface area contributed by atoms with Crippen molar-refractivity contribution in [3.05, 3.63) is 48.6 Å². The van der Waals surface area contributed by atoms with Crippen LogP contribution in [0.5, 0.6) is 0 Å². The van der Waals surface area contributed by atoms with Crippen LogP contribution in [0.15, 0.2) is 48.0 Å². The van der Waals surface area contributed by atoms with E-state index in [-0.39, 0.29) is 0 Å². The molecular weight excluding hydrogens is 290 g/mol. The maximum atomic E-state index is 4.43. The molecule has 3 nitrogen and oxygen atoms in total. The fourth-order valence-corrected chi connectivity index (χ4v) is 3.45. The third-order valence-corrected chi connectivity index (χ3v) is 4.89. The minimum absolute atomic E-state index is 0.732. The lowest BCUT2D eigenvalue weighted by atomic mass is 9.99. The first-order valence-corrected chi connectivity index (χ1v) is 9.17. The van der Waals surface area contributed by atoms with Crippen LogP contribution in [0.4, 0.5) is 0 Å². The normalized spacial score (nSPS) is 18.5. The van der Waals surface area contributed by atoms with Gasteiger partial charge in [0.05, 0.1) is 0 Å². The van der Waals surface area contributed by atoms with Crippen LogP contribution < -0.4 is 5.32 Å². The van der Waals surface area contributed by atoms with E-state index >= 15 is 0 Å². The highest BCUT2D eigenvalue weighted by molar-refractivity contribution is 7.99. The summed E-state index contributed by atoms with van der Waals surface area (Å²) >= 11 is 1.90. The van der Waals surface area contributed by atoms with Gasteiger partial charge < -0.3 is 10.2 Å². The lowest BCUT2D eigenvalue weighted by molar-refractivity contribution is 0.462. The number of hydrogen-bond donors (Lipinski definition) is 1. The Kier molecular flexibility index (Phi) is 7.37. The van der Waals surface area contributed by atoms with Gasteiger partial charge in [-0.15, -0.1) is 6.58 Å².